The SMILES string of the molecule is COc1ccc2nc(-c3ccc(S(C)(=O)=O)cc3)cc(C)c2c1OC.Cl. The number of hydrogen-bond donors (Lipinski definition) is 0. The molecule has 3 aromatic rings. The Balaban J connectivity index is 0.00000243. The van der Waals surface area contributed by atoms with E-state index >= 15 is 0 Å². The van der Waals surface area contributed by atoms with Crippen LogP contribution >= 0.6 is 12.4 Å². The van der Waals surface area contributed by atoms with E-state index in [9.17, 15) is 8.42 Å². The van der Waals surface area contributed by atoms with Crippen LogP contribution in [0.2, 0.25) is 0 Å². The summed E-state index contributed by atoms with van der Waals surface area (Å²) in [5, 5.41) is 0.901. The molecule has 7 heteroatoms. The molecule has 0 spiro atoms. The van der Waals surface area contributed by atoms with E-state index in [4.69, 9.17) is 14.5 Å². The topological polar surface area (TPSA) is 65.5 Å². The maximum absolute atomic E-state index is 11.6. The lowest BCUT2D eigenvalue weighted by Crippen LogP contribution is -1.97. The number of hydrogen-bond acceptors (Lipinski definition) is 5. The third-order valence-electron chi connectivity index (χ3n) is 4.09. The molecule has 0 saturated carbocycles. The first-order valence-electron chi connectivity index (χ1n) is 7.68. The van der Waals surface area contributed by atoms with Crippen molar-refractivity contribution >= 4 is 33.1 Å². The fourth-order valence-electron chi connectivity index (χ4n) is 2.85. The van der Waals surface area contributed by atoms with E-state index in [2.05, 4.69) is 0 Å². The zero-order valence-corrected chi connectivity index (χ0v) is 16.6. The number of fused-ring (bicyclic) bond motifs is 1. The van der Waals surface area contributed by atoms with Gasteiger partial charge >= 0.3 is 0 Å². The maximum atomic E-state index is 11.6. The van der Waals surface area contributed by atoms with Gasteiger partial charge in [0.15, 0.2) is 21.3 Å². The monoisotopic (exact) mass is 393 g/mol. The average Bonchev–Trinajstić information content (AvgIpc) is 2.59. The molecule has 138 valence electrons. The summed E-state index contributed by atoms with van der Waals surface area (Å²) in [5.74, 6) is 1.31. The Morgan fingerprint density at radius 1 is 0.962 bits per heavy atom. The van der Waals surface area contributed by atoms with Crippen LogP contribution in [0, 0.1) is 6.92 Å². The van der Waals surface area contributed by atoms with Crippen LogP contribution in [0.1, 0.15) is 5.56 Å². The molecule has 0 N–H and O–H groups in total. The minimum absolute atomic E-state index is 0. The van der Waals surface area contributed by atoms with Gasteiger partial charge in [0.05, 0.1) is 30.3 Å². The van der Waals surface area contributed by atoms with E-state index in [0.29, 0.717) is 16.4 Å². The van der Waals surface area contributed by atoms with Gasteiger partial charge < -0.3 is 9.47 Å². The standard InChI is InChI=1S/C19H19NO4S.ClH/c1-12-11-16(13-5-7-14(8-6-13)25(4,21)22)20-15-9-10-17(23-2)19(24-3)18(12)15;/h5-11H,1-4H3;1H. The summed E-state index contributed by atoms with van der Waals surface area (Å²) < 4.78 is 34.0. The van der Waals surface area contributed by atoms with Gasteiger partial charge in [-0.15, -0.1) is 12.4 Å². The van der Waals surface area contributed by atoms with Gasteiger partial charge in [0.2, 0.25) is 0 Å². The number of pyridine rings is 1. The van der Waals surface area contributed by atoms with Gasteiger partial charge in [0.25, 0.3) is 0 Å². The highest BCUT2D eigenvalue weighted by molar-refractivity contribution is 7.90. The van der Waals surface area contributed by atoms with Crippen molar-refractivity contribution in [3.63, 3.8) is 0 Å². The maximum Gasteiger partial charge on any atom is 0.175 e. The Hall–Kier alpha value is -2.31. The average molecular weight is 394 g/mol. The van der Waals surface area contributed by atoms with Crippen LogP contribution in [0.3, 0.4) is 0 Å². The number of ether oxygens (including phenoxy) is 2. The van der Waals surface area contributed by atoms with E-state index in [0.717, 1.165) is 27.7 Å². The van der Waals surface area contributed by atoms with Crippen molar-refractivity contribution in [3.8, 4) is 22.8 Å². The Kier molecular flexibility index (Phi) is 5.78. The Bertz CT molecular complexity index is 1050. The van der Waals surface area contributed by atoms with Gasteiger partial charge in [0, 0.05) is 17.2 Å². The smallest absolute Gasteiger partial charge is 0.175 e. The summed E-state index contributed by atoms with van der Waals surface area (Å²) in [6, 6.07) is 12.4. The van der Waals surface area contributed by atoms with E-state index < -0.39 is 9.84 Å². The van der Waals surface area contributed by atoms with Crippen molar-refractivity contribution in [2.24, 2.45) is 0 Å². The number of aromatic nitrogens is 1. The van der Waals surface area contributed by atoms with Crippen molar-refractivity contribution < 1.29 is 17.9 Å². The van der Waals surface area contributed by atoms with Crippen molar-refractivity contribution in [1.29, 1.82) is 0 Å². The molecule has 0 fully saturated rings. The molecular formula is C19H20ClNO4S. The van der Waals surface area contributed by atoms with E-state index in [-0.39, 0.29) is 12.4 Å². The lowest BCUT2D eigenvalue weighted by atomic mass is 10.0. The molecular weight excluding hydrogens is 374 g/mol. The predicted octanol–water partition coefficient (Wildman–Crippen LogP) is 4.05. The summed E-state index contributed by atoms with van der Waals surface area (Å²) in [6.45, 7) is 1.99. The van der Waals surface area contributed by atoms with Crippen molar-refractivity contribution in [2.75, 3.05) is 20.5 Å². The molecule has 0 aliphatic rings. The van der Waals surface area contributed by atoms with Crippen molar-refractivity contribution in [1.82, 2.24) is 4.98 Å². The lowest BCUT2D eigenvalue weighted by molar-refractivity contribution is 0.358. The number of rotatable bonds is 4. The van der Waals surface area contributed by atoms with Crippen molar-refractivity contribution in [3.05, 3.63) is 48.0 Å². The Labute approximate surface area is 159 Å². The highest BCUT2D eigenvalue weighted by atomic mass is 35.5. The summed E-state index contributed by atoms with van der Waals surface area (Å²) in [6.07, 6.45) is 1.19. The van der Waals surface area contributed by atoms with Crippen LogP contribution in [-0.2, 0) is 9.84 Å². The molecule has 0 radical (unpaired) electrons. The zero-order chi connectivity index (χ0) is 18.2. The van der Waals surface area contributed by atoms with Crippen LogP contribution in [0.25, 0.3) is 22.2 Å². The highest BCUT2D eigenvalue weighted by Crippen LogP contribution is 2.37. The number of halogens is 1. The van der Waals surface area contributed by atoms with Gasteiger partial charge in [-0.3, -0.25) is 0 Å². The van der Waals surface area contributed by atoms with E-state index in [1.54, 1.807) is 38.5 Å². The molecule has 2 aromatic carbocycles. The number of methoxy groups -OCH3 is 2. The van der Waals surface area contributed by atoms with Gasteiger partial charge in [-0.25, -0.2) is 13.4 Å². The molecule has 3 rings (SSSR count). The first-order chi connectivity index (χ1) is 11.8. The summed E-state index contributed by atoms with van der Waals surface area (Å²) in [4.78, 5) is 4.99. The largest absolute Gasteiger partial charge is 0.493 e. The normalized spacial score (nSPS) is 11.1. The number of sulfone groups is 1. The van der Waals surface area contributed by atoms with Crippen LogP contribution in [0.5, 0.6) is 11.5 Å². The van der Waals surface area contributed by atoms with E-state index in [1.807, 2.05) is 25.1 Å². The second kappa shape index (κ2) is 7.51. The molecule has 1 aromatic heterocycles. The van der Waals surface area contributed by atoms with Crippen LogP contribution in [0.15, 0.2) is 47.4 Å². The minimum atomic E-state index is -3.21. The number of benzene rings is 2. The summed E-state index contributed by atoms with van der Waals surface area (Å²) in [7, 11) is -0.00510. The van der Waals surface area contributed by atoms with Gasteiger partial charge in [-0.1, -0.05) is 12.1 Å². The molecule has 0 amide bonds. The lowest BCUT2D eigenvalue weighted by Gasteiger charge is -2.13. The molecule has 0 saturated heterocycles. The molecule has 0 aliphatic heterocycles. The third kappa shape index (κ3) is 3.61. The van der Waals surface area contributed by atoms with Crippen LogP contribution < -0.4 is 9.47 Å². The molecule has 26 heavy (non-hydrogen) atoms. The molecule has 0 bridgehead atoms. The molecule has 5 nitrogen and oxygen atoms in total. The predicted molar refractivity (Wildman–Crippen MR) is 105 cm³/mol. The number of nitrogens with zero attached hydrogens (tertiary/aromatic N) is 1. The first-order valence-corrected chi connectivity index (χ1v) is 9.57. The third-order valence-corrected chi connectivity index (χ3v) is 5.22. The van der Waals surface area contributed by atoms with Gasteiger partial charge in [-0.05, 0) is 42.8 Å². The van der Waals surface area contributed by atoms with Crippen molar-refractivity contribution in [2.45, 2.75) is 11.8 Å². The number of aryl methyl sites for hydroxylation is 1. The molecule has 1 heterocycles. The fourth-order valence-corrected chi connectivity index (χ4v) is 3.48. The first kappa shape index (κ1) is 20.0. The van der Waals surface area contributed by atoms with Crippen LogP contribution in [-0.4, -0.2) is 33.9 Å². The van der Waals surface area contributed by atoms with E-state index in [1.165, 1.54) is 6.26 Å². The zero-order valence-electron chi connectivity index (χ0n) is 14.9. The Morgan fingerprint density at radius 2 is 1.62 bits per heavy atom. The van der Waals surface area contributed by atoms with Gasteiger partial charge in [0.1, 0.15) is 0 Å². The molecule has 0 atom stereocenters. The van der Waals surface area contributed by atoms with Gasteiger partial charge in [-0.2, -0.15) is 0 Å². The highest BCUT2D eigenvalue weighted by Gasteiger charge is 2.14. The van der Waals surface area contributed by atoms with Crippen LogP contribution in [0.4, 0.5) is 0 Å². The second-order valence-corrected chi connectivity index (χ2v) is 7.83. The fraction of sp³-hybridized carbons (Fsp3) is 0.211. The minimum Gasteiger partial charge on any atom is -0.493 e. The second-order valence-electron chi connectivity index (χ2n) is 5.82. The molecule has 0 aliphatic carbocycles. The Morgan fingerprint density at radius 3 is 2.15 bits per heavy atom. The summed E-state index contributed by atoms with van der Waals surface area (Å²) in [5.41, 5.74) is 3.42. The molecule has 0 unspecified atom stereocenters. The quantitative estimate of drug-likeness (QED) is 0.668. The summed E-state index contributed by atoms with van der Waals surface area (Å²) >= 11 is 0.